The van der Waals surface area contributed by atoms with Gasteiger partial charge in [-0.2, -0.15) is 0 Å². The quantitative estimate of drug-likeness (QED) is 0.917. The minimum absolute atomic E-state index is 0.141. The van der Waals surface area contributed by atoms with E-state index in [1.807, 2.05) is 29.2 Å². The molecule has 2 heterocycles. The summed E-state index contributed by atoms with van der Waals surface area (Å²) in [4.78, 5) is 17.1. The summed E-state index contributed by atoms with van der Waals surface area (Å²) in [7, 11) is 0. The van der Waals surface area contributed by atoms with Gasteiger partial charge in [0.25, 0.3) is 5.91 Å². The molecule has 2 N–H and O–H groups in total. The Morgan fingerprint density at radius 3 is 2.52 bits per heavy atom. The zero-order chi connectivity index (χ0) is 16.2. The average molecular weight is 317 g/mol. The molecule has 0 radical (unpaired) electrons. The van der Waals surface area contributed by atoms with Gasteiger partial charge in [0, 0.05) is 44.3 Å². The summed E-state index contributed by atoms with van der Waals surface area (Å²) in [5.74, 6) is 0.141. The molecule has 0 saturated carbocycles. The highest BCUT2D eigenvalue weighted by Crippen LogP contribution is 2.20. The van der Waals surface area contributed by atoms with Crippen molar-refractivity contribution >= 4 is 5.91 Å². The Balaban J connectivity index is 1.54. The van der Waals surface area contributed by atoms with E-state index in [9.17, 15) is 4.79 Å². The summed E-state index contributed by atoms with van der Waals surface area (Å²) in [6, 6.07) is 8.25. The molecule has 1 aromatic carbocycles. The number of morpholine rings is 1. The summed E-state index contributed by atoms with van der Waals surface area (Å²) < 4.78 is 5.62. The number of amides is 1. The fourth-order valence-corrected chi connectivity index (χ4v) is 3.58. The average Bonchev–Trinajstić information content (AvgIpc) is 2.61. The number of benzene rings is 1. The van der Waals surface area contributed by atoms with Gasteiger partial charge >= 0.3 is 0 Å². The minimum Gasteiger partial charge on any atom is -0.376 e. The van der Waals surface area contributed by atoms with E-state index >= 15 is 0 Å². The highest BCUT2D eigenvalue weighted by atomic mass is 16.5. The van der Waals surface area contributed by atoms with Crippen LogP contribution in [0.25, 0.3) is 0 Å². The zero-order valence-electron chi connectivity index (χ0n) is 13.9. The van der Waals surface area contributed by atoms with Crippen molar-refractivity contribution in [3.8, 4) is 0 Å². The molecular formula is C18H27N3O2. The molecule has 1 unspecified atom stereocenters. The van der Waals surface area contributed by atoms with Gasteiger partial charge in [0.1, 0.15) is 0 Å². The summed E-state index contributed by atoms with van der Waals surface area (Å²) in [6.07, 6.45) is 2.43. The molecule has 5 nitrogen and oxygen atoms in total. The monoisotopic (exact) mass is 317 g/mol. The smallest absolute Gasteiger partial charge is 0.253 e. The molecule has 0 spiro atoms. The van der Waals surface area contributed by atoms with E-state index in [2.05, 4.69) is 11.8 Å². The zero-order valence-corrected chi connectivity index (χ0v) is 13.9. The molecule has 2 aliphatic rings. The standard InChI is InChI=1S/C18H27N3O2/c1-14-13-21(10-11-23-14)17-6-8-20(9-7-17)18(22)16-4-2-15(12-19)3-5-16/h2-5,14,17H,6-13,19H2,1H3. The van der Waals surface area contributed by atoms with Crippen LogP contribution in [0.15, 0.2) is 24.3 Å². The number of hydrogen-bond acceptors (Lipinski definition) is 4. The van der Waals surface area contributed by atoms with E-state index in [1.165, 1.54) is 0 Å². The third-order valence-electron chi connectivity index (χ3n) is 4.98. The Labute approximate surface area is 138 Å². The van der Waals surface area contributed by atoms with Gasteiger partial charge in [0.15, 0.2) is 0 Å². The second-order valence-electron chi connectivity index (χ2n) is 6.60. The van der Waals surface area contributed by atoms with Gasteiger partial charge in [0.2, 0.25) is 0 Å². The largest absolute Gasteiger partial charge is 0.376 e. The molecule has 5 heteroatoms. The molecule has 0 aromatic heterocycles. The second-order valence-corrected chi connectivity index (χ2v) is 6.60. The molecule has 3 rings (SSSR count). The lowest BCUT2D eigenvalue weighted by Crippen LogP contribution is -2.51. The molecule has 23 heavy (non-hydrogen) atoms. The molecule has 1 aromatic rings. The van der Waals surface area contributed by atoms with Crippen LogP contribution in [0.5, 0.6) is 0 Å². The molecule has 0 bridgehead atoms. The van der Waals surface area contributed by atoms with Crippen LogP contribution in [0.4, 0.5) is 0 Å². The Morgan fingerprint density at radius 2 is 1.91 bits per heavy atom. The first-order valence-corrected chi connectivity index (χ1v) is 8.61. The third kappa shape index (κ3) is 3.91. The van der Waals surface area contributed by atoms with E-state index in [0.29, 0.717) is 18.7 Å². The Morgan fingerprint density at radius 1 is 1.22 bits per heavy atom. The molecule has 2 saturated heterocycles. The molecule has 126 valence electrons. The number of rotatable bonds is 3. The normalized spacial score (nSPS) is 23.9. The van der Waals surface area contributed by atoms with Crippen LogP contribution in [-0.2, 0) is 11.3 Å². The van der Waals surface area contributed by atoms with E-state index in [-0.39, 0.29) is 5.91 Å². The molecule has 1 amide bonds. The van der Waals surface area contributed by atoms with E-state index in [1.54, 1.807) is 0 Å². The summed E-state index contributed by atoms with van der Waals surface area (Å²) in [6.45, 7) is 7.19. The number of carbonyl (C=O) groups is 1. The van der Waals surface area contributed by atoms with Crippen molar-refractivity contribution in [2.45, 2.75) is 38.5 Å². The van der Waals surface area contributed by atoms with Gasteiger partial charge in [-0.3, -0.25) is 9.69 Å². The maximum absolute atomic E-state index is 12.6. The van der Waals surface area contributed by atoms with Gasteiger partial charge in [-0.25, -0.2) is 0 Å². The predicted molar refractivity (Wildman–Crippen MR) is 90.2 cm³/mol. The second kappa shape index (κ2) is 7.43. The minimum atomic E-state index is 0.141. The predicted octanol–water partition coefficient (Wildman–Crippen LogP) is 1.47. The lowest BCUT2D eigenvalue weighted by atomic mass is 10.0. The van der Waals surface area contributed by atoms with Gasteiger partial charge < -0.3 is 15.4 Å². The van der Waals surface area contributed by atoms with Crippen molar-refractivity contribution in [2.24, 2.45) is 5.73 Å². The molecule has 2 fully saturated rings. The van der Waals surface area contributed by atoms with Crippen LogP contribution in [-0.4, -0.2) is 60.6 Å². The highest BCUT2D eigenvalue weighted by Gasteiger charge is 2.29. The highest BCUT2D eigenvalue weighted by molar-refractivity contribution is 5.94. The van der Waals surface area contributed by atoms with Gasteiger partial charge in [-0.15, -0.1) is 0 Å². The first kappa shape index (κ1) is 16.4. The number of carbonyl (C=O) groups excluding carboxylic acids is 1. The summed E-state index contributed by atoms with van der Waals surface area (Å²) >= 11 is 0. The number of nitrogens with zero attached hydrogens (tertiary/aromatic N) is 2. The van der Waals surface area contributed by atoms with Crippen molar-refractivity contribution in [1.82, 2.24) is 9.80 Å². The Bertz CT molecular complexity index is 524. The molecule has 2 aliphatic heterocycles. The SMILES string of the molecule is CC1CN(C2CCN(C(=O)c3ccc(CN)cc3)CC2)CCO1. The van der Waals surface area contributed by atoms with Gasteiger partial charge in [0.05, 0.1) is 12.7 Å². The number of ether oxygens (including phenoxy) is 1. The maximum Gasteiger partial charge on any atom is 0.253 e. The van der Waals surface area contributed by atoms with Crippen molar-refractivity contribution < 1.29 is 9.53 Å². The number of piperidine rings is 1. The fraction of sp³-hybridized carbons (Fsp3) is 0.611. The first-order valence-electron chi connectivity index (χ1n) is 8.61. The molecule has 1 atom stereocenters. The lowest BCUT2D eigenvalue weighted by Gasteiger charge is -2.41. The van der Waals surface area contributed by atoms with Gasteiger partial charge in [-0.1, -0.05) is 12.1 Å². The first-order chi connectivity index (χ1) is 11.2. The molecule has 0 aliphatic carbocycles. The van der Waals surface area contributed by atoms with Crippen LogP contribution >= 0.6 is 0 Å². The van der Waals surface area contributed by atoms with E-state index < -0.39 is 0 Å². The molecular weight excluding hydrogens is 290 g/mol. The van der Waals surface area contributed by atoms with Crippen LogP contribution in [0.3, 0.4) is 0 Å². The Hall–Kier alpha value is -1.43. The number of likely N-dealkylation sites (tertiary alicyclic amines) is 1. The van der Waals surface area contributed by atoms with Crippen molar-refractivity contribution in [3.63, 3.8) is 0 Å². The van der Waals surface area contributed by atoms with Crippen molar-refractivity contribution in [2.75, 3.05) is 32.8 Å². The van der Waals surface area contributed by atoms with Crippen LogP contribution < -0.4 is 5.73 Å². The Kier molecular flexibility index (Phi) is 5.30. The van der Waals surface area contributed by atoms with E-state index in [0.717, 1.165) is 56.8 Å². The van der Waals surface area contributed by atoms with Crippen LogP contribution in [0, 0.1) is 0 Å². The lowest BCUT2D eigenvalue weighted by molar-refractivity contribution is -0.0423. The number of nitrogens with two attached hydrogens (primary N) is 1. The topological polar surface area (TPSA) is 58.8 Å². The maximum atomic E-state index is 12.6. The van der Waals surface area contributed by atoms with Crippen LogP contribution in [0.2, 0.25) is 0 Å². The number of hydrogen-bond donors (Lipinski definition) is 1. The van der Waals surface area contributed by atoms with Gasteiger partial charge in [-0.05, 0) is 37.5 Å². The summed E-state index contributed by atoms with van der Waals surface area (Å²) in [5, 5.41) is 0. The van der Waals surface area contributed by atoms with Crippen molar-refractivity contribution in [1.29, 1.82) is 0 Å². The van der Waals surface area contributed by atoms with Crippen LogP contribution in [0.1, 0.15) is 35.7 Å². The van der Waals surface area contributed by atoms with E-state index in [4.69, 9.17) is 10.5 Å². The fourth-order valence-electron chi connectivity index (χ4n) is 3.58. The summed E-state index contributed by atoms with van der Waals surface area (Å²) in [5.41, 5.74) is 7.43. The third-order valence-corrected chi connectivity index (χ3v) is 4.98. The van der Waals surface area contributed by atoms with Crippen molar-refractivity contribution in [3.05, 3.63) is 35.4 Å².